The van der Waals surface area contributed by atoms with Gasteiger partial charge in [0.2, 0.25) is 5.75 Å². The molecule has 3 rings (SSSR count). The average molecular weight is 358 g/mol. The van der Waals surface area contributed by atoms with Crippen molar-refractivity contribution >= 4 is 5.97 Å². The van der Waals surface area contributed by atoms with Crippen molar-refractivity contribution in [1.82, 2.24) is 0 Å². The molecule has 0 amide bonds. The van der Waals surface area contributed by atoms with Crippen molar-refractivity contribution in [2.24, 2.45) is 0 Å². The van der Waals surface area contributed by atoms with Crippen molar-refractivity contribution in [3.63, 3.8) is 0 Å². The van der Waals surface area contributed by atoms with Crippen LogP contribution in [0.3, 0.4) is 0 Å². The predicted octanol–water partition coefficient (Wildman–Crippen LogP) is 3.15. The molecule has 0 saturated heterocycles. The van der Waals surface area contributed by atoms with Crippen LogP contribution >= 0.6 is 0 Å². The van der Waals surface area contributed by atoms with E-state index in [0.29, 0.717) is 35.7 Å². The van der Waals surface area contributed by atoms with Crippen molar-refractivity contribution < 1.29 is 28.8 Å². The number of aliphatic hydroxyl groups excluding tert-OH is 1. The van der Waals surface area contributed by atoms with Gasteiger partial charge in [0.05, 0.1) is 40.1 Å². The van der Waals surface area contributed by atoms with E-state index in [1.807, 2.05) is 6.07 Å². The zero-order chi connectivity index (χ0) is 18.8. The van der Waals surface area contributed by atoms with Crippen LogP contribution in [0.15, 0.2) is 24.3 Å². The van der Waals surface area contributed by atoms with E-state index >= 15 is 0 Å². The molecule has 0 radical (unpaired) electrons. The number of aryl methyl sites for hydroxylation is 1. The molecule has 0 aromatic heterocycles. The van der Waals surface area contributed by atoms with Crippen LogP contribution in [-0.2, 0) is 11.2 Å². The number of rotatable bonds is 4. The highest BCUT2D eigenvalue weighted by molar-refractivity contribution is 5.93. The lowest BCUT2D eigenvalue weighted by atomic mass is 9.92. The summed E-state index contributed by atoms with van der Waals surface area (Å²) >= 11 is 0. The number of carbonyl (C=O) groups excluding carboxylic acids is 1. The Morgan fingerprint density at radius 2 is 1.77 bits per heavy atom. The Balaban J connectivity index is 2.36. The number of fused-ring (bicyclic) bond motifs is 3. The van der Waals surface area contributed by atoms with Crippen molar-refractivity contribution in [1.29, 1.82) is 0 Å². The molecule has 1 aliphatic rings. The average Bonchev–Trinajstić information content (AvgIpc) is 2.82. The fourth-order valence-corrected chi connectivity index (χ4v) is 3.46. The molecule has 138 valence electrons. The first-order valence-corrected chi connectivity index (χ1v) is 8.28. The highest BCUT2D eigenvalue weighted by atomic mass is 16.5. The van der Waals surface area contributed by atoms with E-state index in [4.69, 9.17) is 18.9 Å². The first kappa shape index (κ1) is 18.1. The smallest absolute Gasteiger partial charge is 0.337 e. The molecule has 0 aliphatic heterocycles. The van der Waals surface area contributed by atoms with Crippen LogP contribution in [0.1, 0.15) is 34.0 Å². The van der Waals surface area contributed by atoms with Gasteiger partial charge in [-0.25, -0.2) is 4.79 Å². The summed E-state index contributed by atoms with van der Waals surface area (Å²) in [6.45, 7) is 0. The lowest BCUT2D eigenvalue weighted by Gasteiger charge is -2.20. The monoisotopic (exact) mass is 358 g/mol. The molecule has 0 saturated carbocycles. The summed E-state index contributed by atoms with van der Waals surface area (Å²) in [6.07, 6.45) is 0.539. The minimum Gasteiger partial charge on any atom is -0.493 e. The lowest BCUT2D eigenvalue weighted by Crippen LogP contribution is -2.05. The molecule has 0 bridgehead atoms. The van der Waals surface area contributed by atoms with Gasteiger partial charge in [-0.2, -0.15) is 0 Å². The number of hydrogen-bond acceptors (Lipinski definition) is 6. The third kappa shape index (κ3) is 2.86. The largest absolute Gasteiger partial charge is 0.493 e. The highest BCUT2D eigenvalue weighted by Crippen LogP contribution is 2.50. The quantitative estimate of drug-likeness (QED) is 0.847. The summed E-state index contributed by atoms with van der Waals surface area (Å²) in [5.74, 6) is 1.11. The molecule has 1 atom stereocenters. The topological polar surface area (TPSA) is 74.2 Å². The zero-order valence-corrected chi connectivity index (χ0v) is 15.3. The molecule has 2 aromatic rings. The summed E-state index contributed by atoms with van der Waals surface area (Å²) in [4.78, 5) is 12.0. The van der Waals surface area contributed by atoms with Gasteiger partial charge in [0.25, 0.3) is 0 Å². The normalized spacial score (nSPS) is 15.3. The fraction of sp³-hybridized carbons (Fsp3) is 0.350. The van der Waals surface area contributed by atoms with Gasteiger partial charge >= 0.3 is 5.97 Å². The number of esters is 1. The van der Waals surface area contributed by atoms with Crippen LogP contribution < -0.4 is 14.2 Å². The first-order valence-electron chi connectivity index (χ1n) is 8.28. The van der Waals surface area contributed by atoms with E-state index in [1.165, 1.54) is 7.11 Å². The molecule has 0 unspecified atom stereocenters. The Kier molecular flexibility index (Phi) is 5.04. The molecule has 0 heterocycles. The van der Waals surface area contributed by atoms with Gasteiger partial charge in [-0.05, 0) is 47.7 Å². The number of carbonyl (C=O) groups is 1. The summed E-state index contributed by atoms with van der Waals surface area (Å²) in [7, 11) is 6.01. The number of aliphatic hydroxyl groups is 1. The molecular formula is C20H22O6. The number of benzene rings is 2. The number of methoxy groups -OCH3 is 4. The summed E-state index contributed by atoms with van der Waals surface area (Å²) < 4.78 is 21.4. The second-order valence-electron chi connectivity index (χ2n) is 6.03. The van der Waals surface area contributed by atoms with E-state index in [2.05, 4.69) is 0 Å². The second kappa shape index (κ2) is 7.25. The Morgan fingerprint density at radius 1 is 1.04 bits per heavy atom. The van der Waals surface area contributed by atoms with E-state index in [0.717, 1.165) is 22.3 Å². The van der Waals surface area contributed by atoms with Gasteiger partial charge in [-0.15, -0.1) is 0 Å². The maximum atomic E-state index is 12.0. The Labute approximate surface area is 152 Å². The van der Waals surface area contributed by atoms with Gasteiger partial charge in [0, 0.05) is 5.56 Å². The molecule has 6 nitrogen and oxygen atoms in total. The van der Waals surface area contributed by atoms with Gasteiger partial charge in [-0.1, -0.05) is 6.07 Å². The Bertz CT molecular complexity index is 843. The van der Waals surface area contributed by atoms with Crippen molar-refractivity contribution in [3.05, 3.63) is 41.0 Å². The Morgan fingerprint density at radius 3 is 2.38 bits per heavy atom. The number of ether oxygens (including phenoxy) is 4. The molecule has 6 heteroatoms. The molecule has 0 fully saturated rings. The second-order valence-corrected chi connectivity index (χ2v) is 6.03. The van der Waals surface area contributed by atoms with Crippen LogP contribution in [-0.4, -0.2) is 39.5 Å². The van der Waals surface area contributed by atoms with Crippen LogP contribution in [0.4, 0.5) is 0 Å². The SMILES string of the molecule is COC(=O)c1ccc2c(c1)-c1c(cc(OC)c(OC)c1OC)CC[C@H]2O. The van der Waals surface area contributed by atoms with E-state index in [9.17, 15) is 9.90 Å². The third-order valence-electron chi connectivity index (χ3n) is 4.70. The zero-order valence-electron chi connectivity index (χ0n) is 15.3. The van der Waals surface area contributed by atoms with Crippen molar-refractivity contribution in [2.45, 2.75) is 18.9 Å². The summed E-state index contributed by atoms with van der Waals surface area (Å²) in [5, 5.41) is 10.6. The van der Waals surface area contributed by atoms with E-state index < -0.39 is 12.1 Å². The van der Waals surface area contributed by atoms with Gasteiger partial charge in [0.1, 0.15) is 0 Å². The lowest BCUT2D eigenvalue weighted by molar-refractivity contribution is 0.0600. The standard InChI is InChI=1S/C20H22O6/c1-23-16-10-11-6-8-15(21)13-7-5-12(20(22)26-4)9-14(13)17(11)19(25-3)18(16)24-2/h5,7,9-10,15,21H,6,8H2,1-4H3/t15-/m1/s1. The number of hydrogen-bond donors (Lipinski definition) is 1. The van der Waals surface area contributed by atoms with E-state index in [-0.39, 0.29) is 0 Å². The van der Waals surface area contributed by atoms with Gasteiger partial charge in [0.15, 0.2) is 11.5 Å². The summed E-state index contributed by atoms with van der Waals surface area (Å²) in [6, 6.07) is 7.04. The van der Waals surface area contributed by atoms with Crippen LogP contribution in [0, 0.1) is 0 Å². The Hall–Kier alpha value is -2.73. The summed E-state index contributed by atoms with van der Waals surface area (Å²) in [5.41, 5.74) is 3.62. The van der Waals surface area contributed by atoms with Crippen molar-refractivity contribution in [3.8, 4) is 28.4 Å². The fourth-order valence-electron chi connectivity index (χ4n) is 3.46. The predicted molar refractivity (Wildman–Crippen MR) is 96.2 cm³/mol. The maximum absolute atomic E-state index is 12.0. The molecule has 1 aliphatic carbocycles. The third-order valence-corrected chi connectivity index (χ3v) is 4.70. The van der Waals surface area contributed by atoms with E-state index in [1.54, 1.807) is 39.5 Å². The van der Waals surface area contributed by atoms with Crippen LogP contribution in [0.25, 0.3) is 11.1 Å². The minimum atomic E-state index is -0.647. The van der Waals surface area contributed by atoms with Gasteiger partial charge in [-0.3, -0.25) is 0 Å². The molecule has 26 heavy (non-hydrogen) atoms. The first-order chi connectivity index (χ1) is 12.5. The van der Waals surface area contributed by atoms with Gasteiger partial charge < -0.3 is 24.1 Å². The molecule has 2 aromatic carbocycles. The van der Waals surface area contributed by atoms with Crippen molar-refractivity contribution in [2.75, 3.05) is 28.4 Å². The van der Waals surface area contributed by atoms with Crippen LogP contribution in [0.5, 0.6) is 17.2 Å². The molecular weight excluding hydrogens is 336 g/mol. The minimum absolute atomic E-state index is 0.406. The highest BCUT2D eigenvalue weighted by Gasteiger charge is 2.28. The molecule has 1 N–H and O–H groups in total. The maximum Gasteiger partial charge on any atom is 0.337 e. The van der Waals surface area contributed by atoms with Crippen LogP contribution in [0.2, 0.25) is 0 Å². The molecule has 0 spiro atoms.